The molecule has 1 aliphatic heterocycles. The van der Waals surface area contributed by atoms with E-state index in [1.54, 1.807) is 24.5 Å². The van der Waals surface area contributed by atoms with Gasteiger partial charge in [0, 0.05) is 18.0 Å². The van der Waals surface area contributed by atoms with E-state index in [1.807, 2.05) is 0 Å². The molecule has 0 bridgehead atoms. The normalized spacial score (nSPS) is 14.7. The molecule has 0 saturated carbocycles. The summed E-state index contributed by atoms with van der Waals surface area (Å²) in [5.41, 5.74) is 2.87. The largest absolute Gasteiger partial charge is 0.494 e. The number of ether oxygens (including phenoxy) is 2. The van der Waals surface area contributed by atoms with E-state index in [1.165, 1.54) is 12.5 Å². The lowest BCUT2D eigenvalue weighted by Gasteiger charge is -2.11. The van der Waals surface area contributed by atoms with Gasteiger partial charge in [-0.05, 0) is 12.1 Å². The Kier molecular flexibility index (Phi) is 3.69. The van der Waals surface area contributed by atoms with Crippen molar-refractivity contribution >= 4 is 12.1 Å². The molecule has 1 aromatic heterocycles. The number of aromatic nitrogens is 1. The van der Waals surface area contributed by atoms with Gasteiger partial charge in [0.2, 0.25) is 0 Å². The molecule has 0 radical (unpaired) electrons. The number of pyridine rings is 1. The van der Waals surface area contributed by atoms with E-state index in [9.17, 15) is 4.79 Å². The maximum Gasteiger partial charge on any atom is 0.271 e. The maximum atomic E-state index is 11.5. The molecule has 17 heavy (non-hydrogen) atoms. The van der Waals surface area contributed by atoms with Gasteiger partial charge in [-0.25, -0.2) is 5.43 Å². The zero-order chi connectivity index (χ0) is 11.9. The van der Waals surface area contributed by atoms with Crippen LogP contribution in [0.2, 0.25) is 0 Å². The zero-order valence-corrected chi connectivity index (χ0v) is 9.00. The summed E-state index contributed by atoms with van der Waals surface area (Å²) in [6.07, 6.45) is 5.92. The van der Waals surface area contributed by atoms with Crippen molar-refractivity contribution in [3.05, 3.63) is 42.1 Å². The fourth-order valence-corrected chi connectivity index (χ4v) is 1.17. The number of nitrogens with one attached hydrogen (secondary N) is 1. The standard InChI is InChI=1S/C11H11N3O3/c15-11(9-1-3-12-4-2-9)14-13-7-10-8-16-5-6-17-10/h1-4,7-8H,5-6H2,(H,14,15)/b13-7-. The Labute approximate surface area is 97.9 Å². The van der Waals surface area contributed by atoms with Crippen LogP contribution in [-0.4, -0.2) is 30.3 Å². The second-order valence-electron chi connectivity index (χ2n) is 3.17. The van der Waals surface area contributed by atoms with Crippen molar-refractivity contribution in [1.82, 2.24) is 10.4 Å². The molecular formula is C11H11N3O3. The van der Waals surface area contributed by atoms with Crippen molar-refractivity contribution in [1.29, 1.82) is 0 Å². The third kappa shape index (κ3) is 3.30. The molecule has 1 amide bonds. The third-order valence-electron chi connectivity index (χ3n) is 1.97. The van der Waals surface area contributed by atoms with Gasteiger partial charge in [-0.15, -0.1) is 0 Å². The molecular weight excluding hydrogens is 222 g/mol. The number of amides is 1. The Morgan fingerprint density at radius 2 is 2.24 bits per heavy atom. The van der Waals surface area contributed by atoms with Crippen LogP contribution < -0.4 is 5.43 Å². The molecule has 0 aromatic carbocycles. The van der Waals surface area contributed by atoms with Crippen molar-refractivity contribution in [2.24, 2.45) is 5.10 Å². The van der Waals surface area contributed by atoms with Crippen LogP contribution in [-0.2, 0) is 9.47 Å². The van der Waals surface area contributed by atoms with Crippen LogP contribution in [0.25, 0.3) is 0 Å². The number of carbonyl (C=O) groups is 1. The van der Waals surface area contributed by atoms with E-state index in [0.717, 1.165) is 0 Å². The molecule has 88 valence electrons. The molecule has 1 aliphatic rings. The molecule has 2 rings (SSSR count). The van der Waals surface area contributed by atoms with Crippen LogP contribution in [0.4, 0.5) is 0 Å². The van der Waals surface area contributed by atoms with E-state index in [4.69, 9.17) is 9.47 Å². The summed E-state index contributed by atoms with van der Waals surface area (Å²) in [7, 11) is 0. The topological polar surface area (TPSA) is 72.8 Å². The fraction of sp³-hybridized carbons (Fsp3) is 0.182. The molecule has 2 heterocycles. The van der Waals surface area contributed by atoms with Crippen molar-refractivity contribution in [3.8, 4) is 0 Å². The van der Waals surface area contributed by atoms with E-state index in [0.29, 0.717) is 24.5 Å². The van der Waals surface area contributed by atoms with Crippen LogP contribution in [0.15, 0.2) is 41.6 Å². The lowest BCUT2D eigenvalue weighted by atomic mass is 10.3. The van der Waals surface area contributed by atoms with Crippen LogP contribution in [0.1, 0.15) is 10.4 Å². The lowest BCUT2D eigenvalue weighted by molar-refractivity contribution is 0.0945. The predicted octanol–water partition coefficient (Wildman–Crippen LogP) is 0.685. The second-order valence-corrected chi connectivity index (χ2v) is 3.17. The van der Waals surface area contributed by atoms with Gasteiger partial charge in [0.1, 0.15) is 19.5 Å². The van der Waals surface area contributed by atoms with Gasteiger partial charge in [-0.3, -0.25) is 9.78 Å². The smallest absolute Gasteiger partial charge is 0.271 e. The first-order valence-corrected chi connectivity index (χ1v) is 5.04. The molecule has 0 atom stereocenters. The Bertz CT molecular complexity index is 443. The first kappa shape index (κ1) is 11.1. The van der Waals surface area contributed by atoms with Gasteiger partial charge in [0.15, 0.2) is 5.76 Å². The highest BCUT2D eigenvalue weighted by atomic mass is 16.6. The van der Waals surface area contributed by atoms with Crippen LogP contribution in [0, 0.1) is 0 Å². The number of hydrogen-bond acceptors (Lipinski definition) is 5. The Balaban J connectivity index is 1.88. The maximum absolute atomic E-state index is 11.5. The van der Waals surface area contributed by atoms with E-state index in [2.05, 4.69) is 15.5 Å². The van der Waals surface area contributed by atoms with E-state index >= 15 is 0 Å². The monoisotopic (exact) mass is 233 g/mol. The van der Waals surface area contributed by atoms with Gasteiger partial charge in [0.25, 0.3) is 5.91 Å². The number of hydrazone groups is 1. The van der Waals surface area contributed by atoms with Crippen molar-refractivity contribution in [2.45, 2.75) is 0 Å². The summed E-state index contributed by atoms with van der Waals surface area (Å²) in [6.45, 7) is 1.01. The fourth-order valence-electron chi connectivity index (χ4n) is 1.17. The summed E-state index contributed by atoms with van der Waals surface area (Å²) in [5, 5.41) is 3.75. The van der Waals surface area contributed by atoms with Crippen LogP contribution in [0.3, 0.4) is 0 Å². The van der Waals surface area contributed by atoms with Gasteiger partial charge >= 0.3 is 0 Å². The molecule has 0 fully saturated rings. The average molecular weight is 233 g/mol. The Morgan fingerprint density at radius 1 is 1.41 bits per heavy atom. The molecule has 0 spiro atoms. The number of hydrogen-bond donors (Lipinski definition) is 1. The van der Waals surface area contributed by atoms with E-state index in [-0.39, 0.29) is 5.91 Å². The summed E-state index contributed by atoms with van der Waals surface area (Å²) in [6, 6.07) is 3.20. The zero-order valence-electron chi connectivity index (χ0n) is 9.00. The summed E-state index contributed by atoms with van der Waals surface area (Å²) < 4.78 is 10.2. The van der Waals surface area contributed by atoms with Crippen LogP contribution in [0.5, 0.6) is 0 Å². The first-order chi connectivity index (χ1) is 8.36. The number of carbonyl (C=O) groups excluding carboxylic acids is 1. The molecule has 1 N–H and O–H groups in total. The minimum Gasteiger partial charge on any atom is -0.494 e. The number of allylic oxidation sites excluding steroid dienone is 1. The molecule has 0 unspecified atom stereocenters. The highest BCUT2D eigenvalue weighted by Crippen LogP contribution is 2.00. The Morgan fingerprint density at radius 3 is 2.94 bits per heavy atom. The minimum absolute atomic E-state index is 0.305. The van der Waals surface area contributed by atoms with Crippen LogP contribution >= 0.6 is 0 Å². The minimum atomic E-state index is -0.305. The van der Waals surface area contributed by atoms with Crippen molar-refractivity contribution < 1.29 is 14.3 Å². The highest BCUT2D eigenvalue weighted by Gasteiger charge is 2.04. The number of rotatable bonds is 3. The first-order valence-electron chi connectivity index (χ1n) is 5.04. The summed E-state index contributed by atoms with van der Waals surface area (Å²) in [4.78, 5) is 15.4. The summed E-state index contributed by atoms with van der Waals surface area (Å²) in [5.74, 6) is 0.173. The third-order valence-corrected chi connectivity index (χ3v) is 1.97. The number of nitrogens with zero attached hydrogens (tertiary/aromatic N) is 2. The molecule has 0 saturated heterocycles. The van der Waals surface area contributed by atoms with Crippen molar-refractivity contribution in [3.63, 3.8) is 0 Å². The van der Waals surface area contributed by atoms with Gasteiger partial charge < -0.3 is 9.47 Å². The molecule has 1 aromatic rings. The average Bonchev–Trinajstić information content (AvgIpc) is 2.41. The summed E-state index contributed by atoms with van der Waals surface area (Å²) >= 11 is 0. The quantitative estimate of drug-likeness (QED) is 0.615. The van der Waals surface area contributed by atoms with Gasteiger partial charge in [0.05, 0.1) is 6.21 Å². The van der Waals surface area contributed by atoms with Gasteiger partial charge in [-0.2, -0.15) is 5.10 Å². The second kappa shape index (κ2) is 5.64. The molecule has 0 aliphatic carbocycles. The SMILES string of the molecule is O=C(N/N=C\C1=COCCO1)c1ccncc1. The Hall–Kier alpha value is -2.37. The molecule has 6 nitrogen and oxygen atoms in total. The molecule has 6 heteroatoms. The van der Waals surface area contributed by atoms with Gasteiger partial charge in [-0.1, -0.05) is 0 Å². The van der Waals surface area contributed by atoms with E-state index < -0.39 is 0 Å². The predicted molar refractivity (Wildman–Crippen MR) is 60.2 cm³/mol. The lowest BCUT2D eigenvalue weighted by Crippen LogP contribution is -2.18. The van der Waals surface area contributed by atoms with Crippen molar-refractivity contribution in [2.75, 3.05) is 13.2 Å². The highest BCUT2D eigenvalue weighted by molar-refractivity contribution is 5.94.